The Morgan fingerprint density at radius 1 is 1.53 bits per heavy atom. The molecule has 0 amide bonds. The predicted molar refractivity (Wildman–Crippen MR) is 74.2 cm³/mol. The van der Waals surface area contributed by atoms with Gasteiger partial charge in [0.15, 0.2) is 5.96 Å². The van der Waals surface area contributed by atoms with E-state index < -0.39 is 0 Å². The summed E-state index contributed by atoms with van der Waals surface area (Å²) in [5, 5.41) is 3.24. The summed E-state index contributed by atoms with van der Waals surface area (Å²) in [6, 6.07) is 0. The summed E-state index contributed by atoms with van der Waals surface area (Å²) in [5.41, 5.74) is 5.82. The fraction of sp³-hybridized carbons (Fsp3) is 0.923. The number of nitrogens with one attached hydrogen (secondary N) is 1. The minimum absolute atomic E-state index is 0.571. The molecule has 1 atom stereocenters. The van der Waals surface area contributed by atoms with Crippen molar-refractivity contribution < 1.29 is 0 Å². The van der Waals surface area contributed by atoms with Crippen molar-refractivity contribution in [1.82, 2.24) is 10.2 Å². The Labute approximate surface area is 106 Å². The van der Waals surface area contributed by atoms with Crippen LogP contribution in [-0.4, -0.2) is 43.6 Å². The maximum absolute atomic E-state index is 5.82. The lowest BCUT2D eigenvalue weighted by molar-refractivity contribution is 0.324. The Balaban J connectivity index is 2.16. The fourth-order valence-electron chi connectivity index (χ4n) is 2.18. The normalized spacial score (nSPS) is 22.4. The van der Waals surface area contributed by atoms with Gasteiger partial charge in [-0.15, -0.1) is 0 Å². The van der Waals surface area contributed by atoms with Crippen LogP contribution in [0.5, 0.6) is 0 Å². The zero-order valence-electron chi connectivity index (χ0n) is 11.6. The van der Waals surface area contributed by atoms with Gasteiger partial charge in [0.25, 0.3) is 0 Å². The van der Waals surface area contributed by atoms with E-state index in [1.807, 2.05) is 0 Å². The van der Waals surface area contributed by atoms with Gasteiger partial charge in [-0.1, -0.05) is 20.8 Å². The Kier molecular flexibility index (Phi) is 6.34. The van der Waals surface area contributed by atoms with Crippen LogP contribution in [0.1, 0.15) is 33.6 Å². The Hall–Kier alpha value is -0.770. The molecular formula is C13H28N4. The first-order valence-corrected chi connectivity index (χ1v) is 6.88. The van der Waals surface area contributed by atoms with E-state index in [-0.39, 0.29) is 0 Å². The quantitative estimate of drug-likeness (QED) is 0.543. The fourth-order valence-corrected chi connectivity index (χ4v) is 2.18. The Morgan fingerprint density at radius 2 is 2.29 bits per heavy atom. The molecule has 1 heterocycles. The van der Waals surface area contributed by atoms with Gasteiger partial charge in [-0.05, 0) is 37.8 Å². The monoisotopic (exact) mass is 240 g/mol. The average molecular weight is 240 g/mol. The lowest BCUT2D eigenvalue weighted by Crippen LogP contribution is -2.36. The van der Waals surface area contributed by atoms with Crippen LogP contribution in [0.3, 0.4) is 0 Å². The predicted octanol–water partition coefficient (Wildman–Crippen LogP) is 1.28. The third kappa shape index (κ3) is 5.91. The van der Waals surface area contributed by atoms with Crippen LogP contribution in [0.2, 0.25) is 0 Å². The molecule has 3 N–H and O–H groups in total. The van der Waals surface area contributed by atoms with Gasteiger partial charge in [0.05, 0.1) is 0 Å². The molecule has 1 rings (SSSR count). The molecule has 1 saturated heterocycles. The van der Waals surface area contributed by atoms with Crippen LogP contribution in [0, 0.1) is 11.8 Å². The van der Waals surface area contributed by atoms with Crippen molar-refractivity contribution in [1.29, 1.82) is 0 Å². The topological polar surface area (TPSA) is 53.6 Å². The van der Waals surface area contributed by atoms with Gasteiger partial charge in [0, 0.05) is 19.6 Å². The Bertz CT molecular complexity index is 238. The number of nitrogens with two attached hydrogens (primary N) is 1. The highest BCUT2D eigenvalue weighted by molar-refractivity contribution is 5.77. The largest absolute Gasteiger partial charge is 0.370 e. The summed E-state index contributed by atoms with van der Waals surface area (Å²) in [6.07, 6.45) is 2.53. The third-order valence-corrected chi connectivity index (χ3v) is 3.11. The first-order chi connectivity index (χ1) is 8.11. The summed E-state index contributed by atoms with van der Waals surface area (Å²) in [4.78, 5) is 6.85. The first-order valence-electron chi connectivity index (χ1n) is 6.88. The van der Waals surface area contributed by atoms with Crippen molar-refractivity contribution in [3.63, 3.8) is 0 Å². The van der Waals surface area contributed by atoms with Gasteiger partial charge >= 0.3 is 0 Å². The smallest absolute Gasteiger partial charge is 0.188 e. The van der Waals surface area contributed by atoms with Crippen molar-refractivity contribution >= 4 is 5.96 Å². The SMILES string of the molecule is CCCN1CCC(CNC(N)=NCC(C)C)C1. The van der Waals surface area contributed by atoms with Crippen molar-refractivity contribution in [3.05, 3.63) is 0 Å². The average Bonchev–Trinajstić information content (AvgIpc) is 2.72. The third-order valence-electron chi connectivity index (χ3n) is 3.11. The maximum atomic E-state index is 5.82. The van der Waals surface area contributed by atoms with E-state index in [1.54, 1.807) is 0 Å². The molecule has 0 aromatic heterocycles. The van der Waals surface area contributed by atoms with E-state index in [0.29, 0.717) is 11.9 Å². The van der Waals surface area contributed by atoms with E-state index in [9.17, 15) is 0 Å². The van der Waals surface area contributed by atoms with Gasteiger partial charge in [-0.25, -0.2) is 0 Å². The number of nitrogens with zero attached hydrogens (tertiary/aromatic N) is 2. The summed E-state index contributed by atoms with van der Waals surface area (Å²) in [6.45, 7) is 12.0. The highest BCUT2D eigenvalue weighted by Crippen LogP contribution is 2.15. The minimum Gasteiger partial charge on any atom is -0.370 e. The number of hydrogen-bond donors (Lipinski definition) is 2. The van der Waals surface area contributed by atoms with Crippen LogP contribution in [0.15, 0.2) is 4.99 Å². The standard InChI is InChI=1S/C13H28N4/c1-4-6-17-7-5-12(10-17)9-16-13(14)15-8-11(2)3/h11-12H,4-10H2,1-3H3,(H3,14,15,16). The first kappa shape index (κ1) is 14.3. The number of guanidine groups is 1. The lowest BCUT2D eigenvalue weighted by Gasteiger charge is -2.15. The summed E-state index contributed by atoms with van der Waals surface area (Å²) in [5.74, 6) is 1.91. The number of aliphatic imine (C=N–C) groups is 1. The van der Waals surface area contributed by atoms with E-state index in [0.717, 1.165) is 19.0 Å². The second-order valence-electron chi connectivity index (χ2n) is 5.46. The van der Waals surface area contributed by atoms with Crippen LogP contribution < -0.4 is 11.1 Å². The highest BCUT2D eigenvalue weighted by Gasteiger charge is 2.21. The molecule has 4 heteroatoms. The molecule has 17 heavy (non-hydrogen) atoms. The van der Waals surface area contributed by atoms with Gasteiger partial charge in [0.1, 0.15) is 0 Å². The molecule has 1 fully saturated rings. The van der Waals surface area contributed by atoms with E-state index in [4.69, 9.17) is 5.73 Å². The minimum atomic E-state index is 0.571. The van der Waals surface area contributed by atoms with Gasteiger partial charge < -0.3 is 16.0 Å². The molecule has 4 nitrogen and oxygen atoms in total. The Morgan fingerprint density at radius 3 is 2.94 bits per heavy atom. The molecule has 0 aliphatic carbocycles. The van der Waals surface area contributed by atoms with Crippen LogP contribution in [-0.2, 0) is 0 Å². The molecule has 1 aliphatic rings. The van der Waals surface area contributed by atoms with Crippen LogP contribution in [0.25, 0.3) is 0 Å². The van der Waals surface area contributed by atoms with Gasteiger partial charge in [-0.2, -0.15) is 0 Å². The second-order valence-corrected chi connectivity index (χ2v) is 5.46. The zero-order valence-corrected chi connectivity index (χ0v) is 11.6. The maximum Gasteiger partial charge on any atom is 0.188 e. The molecule has 0 aromatic carbocycles. The molecular weight excluding hydrogens is 212 g/mol. The molecule has 1 unspecified atom stereocenters. The number of hydrogen-bond acceptors (Lipinski definition) is 2. The van der Waals surface area contributed by atoms with E-state index in [1.165, 1.54) is 32.5 Å². The summed E-state index contributed by atoms with van der Waals surface area (Å²) >= 11 is 0. The van der Waals surface area contributed by atoms with Crippen LogP contribution in [0.4, 0.5) is 0 Å². The molecule has 0 spiro atoms. The highest BCUT2D eigenvalue weighted by atomic mass is 15.2. The van der Waals surface area contributed by atoms with E-state index in [2.05, 4.69) is 36.0 Å². The van der Waals surface area contributed by atoms with Gasteiger partial charge in [0.2, 0.25) is 0 Å². The van der Waals surface area contributed by atoms with Gasteiger partial charge in [-0.3, -0.25) is 4.99 Å². The molecule has 0 bridgehead atoms. The van der Waals surface area contributed by atoms with Crippen molar-refractivity contribution in [2.24, 2.45) is 22.6 Å². The number of likely N-dealkylation sites (tertiary alicyclic amines) is 1. The number of rotatable bonds is 6. The molecule has 100 valence electrons. The van der Waals surface area contributed by atoms with Crippen molar-refractivity contribution in [3.8, 4) is 0 Å². The molecule has 0 saturated carbocycles. The molecule has 0 aromatic rings. The van der Waals surface area contributed by atoms with E-state index >= 15 is 0 Å². The second kappa shape index (κ2) is 7.54. The van der Waals surface area contributed by atoms with Crippen molar-refractivity contribution in [2.45, 2.75) is 33.6 Å². The summed E-state index contributed by atoms with van der Waals surface area (Å²) in [7, 11) is 0. The summed E-state index contributed by atoms with van der Waals surface area (Å²) < 4.78 is 0. The molecule has 0 radical (unpaired) electrons. The van der Waals surface area contributed by atoms with Crippen LogP contribution >= 0.6 is 0 Å². The zero-order chi connectivity index (χ0) is 12.7. The van der Waals surface area contributed by atoms with Crippen molar-refractivity contribution in [2.75, 3.05) is 32.7 Å². The lowest BCUT2D eigenvalue weighted by atomic mass is 10.1. The molecule has 1 aliphatic heterocycles.